The number of carbonyl (C=O) groups is 2. The molecular weight excluding hydrogens is 401 g/mol. The predicted octanol–water partition coefficient (Wildman–Crippen LogP) is 1.72. The molecule has 1 N–H and O–H groups in total. The Labute approximate surface area is 177 Å². The summed E-state index contributed by atoms with van der Waals surface area (Å²) < 4.78 is 16.2. The number of rotatable bonds is 6. The summed E-state index contributed by atoms with van der Waals surface area (Å²) in [5.74, 6) is -1.29. The average Bonchev–Trinajstić information content (AvgIpc) is 3.08. The molecule has 0 aliphatic carbocycles. The first-order valence-electron chi connectivity index (χ1n) is 9.98. The molecule has 0 bridgehead atoms. The van der Waals surface area contributed by atoms with Gasteiger partial charge in [0.25, 0.3) is 5.91 Å². The van der Waals surface area contributed by atoms with Gasteiger partial charge < -0.3 is 10.2 Å². The fourth-order valence-corrected chi connectivity index (χ4v) is 3.60. The second-order valence-electron chi connectivity index (χ2n) is 7.43. The second-order valence-corrected chi connectivity index (χ2v) is 7.43. The minimum Gasteiger partial charge on any atom is -0.348 e. The van der Waals surface area contributed by atoms with Crippen LogP contribution in [0.3, 0.4) is 0 Å². The summed E-state index contributed by atoms with van der Waals surface area (Å²) in [7, 11) is 0. The van der Waals surface area contributed by atoms with E-state index < -0.39 is 17.4 Å². The monoisotopic (exact) mass is 423 g/mol. The van der Waals surface area contributed by atoms with Crippen molar-refractivity contribution in [1.82, 2.24) is 24.6 Å². The third-order valence-electron chi connectivity index (χ3n) is 5.28. The first-order chi connectivity index (χ1) is 14.9. The highest BCUT2D eigenvalue weighted by molar-refractivity contribution is 5.91. The molecule has 9 heteroatoms. The van der Waals surface area contributed by atoms with Gasteiger partial charge in [-0.3, -0.25) is 14.2 Å². The first kappa shape index (κ1) is 20.5. The van der Waals surface area contributed by atoms with Crippen LogP contribution in [0.2, 0.25) is 0 Å². The summed E-state index contributed by atoms with van der Waals surface area (Å²) in [5, 5.41) is 6.91. The van der Waals surface area contributed by atoms with Gasteiger partial charge in [0.05, 0.1) is 6.04 Å². The van der Waals surface area contributed by atoms with Gasteiger partial charge >= 0.3 is 5.69 Å². The zero-order chi connectivity index (χ0) is 22.0. The molecule has 2 aromatic carbocycles. The van der Waals surface area contributed by atoms with Gasteiger partial charge in [0.1, 0.15) is 12.4 Å². The van der Waals surface area contributed by atoms with E-state index in [0.717, 1.165) is 10.2 Å². The molecule has 0 radical (unpaired) electrons. The van der Waals surface area contributed by atoms with Crippen LogP contribution < -0.4 is 11.0 Å². The molecule has 4 rings (SSSR count). The van der Waals surface area contributed by atoms with E-state index in [2.05, 4.69) is 10.4 Å². The quantitative estimate of drug-likeness (QED) is 0.654. The largest absolute Gasteiger partial charge is 0.348 e. The number of carbonyl (C=O) groups excluding carboxylic acids is 2. The lowest BCUT2D eigenvalue weighted by Crippen LogP contribution is -2.42. The Kier molecular flexibility index (Phi) is 5.66. The summed E-state index contributed by atoms with van der Waals surface area (Å²) in [4.78, 5) is 39.3. The number of halogens is 1. The average molecular weight is 423 g/mol. The number of nitrogens with zero attached hydrogens (tertiary/aromatic N) is 4. The minimum absolute atomic E-state index is 0.0449. The predicted molar refractivity (Wildman–Crippen MR) is 111 cm³/mol. The van der Waals surface area contributed by atoms with Crippen LogP contribution in [0, 0.1) is 5.82 Å². The van der Waals surface area contributed by atoms with Gasteiger partial charge in [0, 0.05) is 25.2 Å². The summed E-state index contributed by atoms with van der Waals surface area (Å²) in [6.07, 6.45) is 0. The van der Waals surface area contributed by atoms with Crippen molar-refractivity contribution in [2.75, 3.05) is 6.54 Å². The van der Waals surface area contributed by atoms with Gasteiger partial charge in [-0.25, -0.2) is 13.9 Å². The maximum Gasteiger partial charge on any atom is 0.346 e. The molecule has 0 spiro atoms. The topological polar surface area (TPSA) is 89.2 Å². The Morgan fingerprint density at radius 1 is 1.10 bits per heavy atom. The van der Waals surface area contributed by atoms with Crippen LogP contribution in [-0.4, -0.2) is 37.6 Å². The Balaban J connectivity index is 1.47. The summed E-state index contributed by atoms with van der Waals surface area (Å²) >= 11 is 0. The molecule has 1 aliphatic rings. The lowest BCUT2D eigenvalue weighted by molar-refractivity contribution is -0.122. The van der Waals surface area contributed by atoms with E-state index in [-0.39, 0.29) is 44.0 Å². The number of fused-ring (bicyclic) bond motifs is 1. The maximum absolute atomic E-state index is 13.9. The number of hydrogen-bond donors (Lipinski definition) is 1. The maximum atomic E-state index is 13.9. The molecule has 0 unspecified atom stereocenters. The van der Waals surface area contributed by atoms with E-state index in [1.54, 1.807) is 18.2 Å². The smallest absolute Gasteiger partial charge is 0.346 e. The molecule has 160 valence electrons. The minimum atomic E-state index is -0.517. The molecule has 0 saturated heterocycles. The normalized spacial score (nSPS) is 14.3. The summed E-state index contributed by atoms with van der Waals surface area (Å²) in [6.45, 7) is 2.12. The van der Waals surface area contributed by atoms with Crippen LogP contribution in [-0.2, 0) is 24.4 Å². The van der Waals surface area contributed by atoms with Crippen molar-refractivity contribution in [3.8, 4) is 0 Å². The number of amides is 2. The van der Waals surface area contributed by atoms with Crippen molar-refractivity contribution in [3.05, 3.63) is 87.9 Å². The highest BCUT2D eigenvalue weighted by atomic mass is 19.1. The molecule has 0 saturated carbocycles. The van der Waals surface area contributed by atoms with E-state index in [1.807, 2.05) is 37.3 Å². The van der Waals surface area contributed by atoms with E-state index in [4.69, 9.17) is 0 Å². The van der Waals surface area contributed by atoms with E-state index in [9.17, 15) is 18.8 Å². The highest BCUT2D eigenvalue weighted by Crippen LogP contribution is 2.15. The summed E-state index contributed by atoms with van der Waals surface area (Å²) in [6, 6.07) is 15.4. The van der Waals surface area contributed by atoms with Crippen molar-refractivity contribution in [3.63, 3.8) is 0 Å². The third kappa shape index (κ3) is 4.25. The second kappa shape index (κ2) is 8.55. The summed E-state index contributed by atoms with van der Waals surface area (Å²) in [5.41, 5.74) is 0.808. The Morgan fingerprint density at radius 2 is 1.81 bits per heavy atom. The number of aromatic nitrogens is 3. The number of hydrogen-bond acceptors (Lipinski definition) is 4. The highest BCUT2D eigenvalue weighted by Gasteiger charge is 2.30. The molecule has 8 nitrogen and oxygen atoms in total. The third-order valence-corrected chi connectivity index (χ3v) is 5.28. The van der Waals surface area contributed by atoms with Gasteiger partial charge in [-0.2, -0.15) is 0 Å². The Hall–Kier alpha value is -3.75. The first-order valence-corrected chi connectivity index (χ1v) is 9.98. The van der Waals surface area contributed by atoms with Crippen LogP contribution >= 0.6 is 0 Å². The number of nitrogens with one attached hydrogen (secondary N) is 1. The van der Waals surface area contributed by atoms with Crippen LogP contribution in [0.15, 0.2) is 59.4 Å². The molecule has 1 aromatic heterocycles. The van der Waals surface area contributed by atoms with Crippen molar-refractivity contribution >= 4 is 11.8 Å². The Morgan fingerprint density at radius 3 is 2.55 bits per heavy atom. The lowest BCUT2D eigenvalue weighted by atomic mass is 10.1. The van der Waals surface area contributed by atoms with Gasteiger partial charge in [-0.05, 0) is 18.6 Å². The SMILES string of the molecule is C[C@H](NC(=O)Cn1nc2n(c1=O)CCN(Cc1ccccc1F)C2=O)c1ccccc1. The van der Waals surface area contributed by atoms with Crippen molar-refractivity contribution in [1.29, 1.82) is 0 Å². The fourth-order valence-electron chi connectivity index (χ4n) is 3.60. The lowest BCUT2D eigenvalue weighted by Gasteiger charge is -2.26. The van der Waals surface area contributed by atoms with Crippen molar-refractivity contribution in [2.45, 2.75) is 32.6 Å². The number of benzene rings is 2. The standard InChI is InChI=1S/C22H22FN5O3/c1-15(16-7-3-2-4-8-16)24-19(29)14-28-22(31)27-12-11-26(21(30)20(27)25-28)13-17-9-5-6-10-18(17)23/h2-10,15H,11-14H2,1H3,(H,24,29)/t15-/m0/s1. The molecule has 3 aromatic rings. The van der Waals surface area contributed by atoms with Crippen LogP contribution in [0.4, 0.5) is 4.39 Å². The van der Waals surface area contributed by atoms with E-state index in [1.165, 1.54) is 15.5 Å². The molecule has 2 amide bonds. The van der Waals surface area contributed by atoms with E-state index in [0.29, 0.717) is 5.56 Å². The van der Waals surface area contributed by atoms with Crippen LogP contribution in [0.5, 0.6) is 0 Å². The zero-order valence-electron chi connectivity index (χ0n) is 17.0. The van der Waals surface area contributed by atoms with Gasteiger partial charge in [-0.1, -0.05) is 48.5 Å². The molecule has 1 aliphatic heterocycles. The molecule has 2 heterocycles. The van der Waals surface area contributed by atoms with Gasteiger partial charge in [-0.15, -0.1) is 5.10 Å². The zero-order valence-corrected chi connectivity index (χ0v) is 17.0. The molecule has 1 atom stereocenters. The van der Waals surface area contributed by atoms with Gasteiger partial charge in [0.2, 0.25) is 11.7 Å². The molecular formula is C22H22FN5O3. The Bertz CT molecular complexity index is 1170. The van der Waals surface area contributed by atoms with Crippen molar-refractivity contribution in [2.24, 2.45) is 0 Å². The molecule has 31 heavy (non-hydrogen) atoms. The van der Waals surface area contributed by atoms with E-state index >= 15 is 0 Å². The molecule has 0 fully saturated rings. The fraction of sp³-hybridized carbons (Fsp3) is 0.273. The van der Waals surface area contributed by atoms with Crippen LogP contribution in [0.1, 0.15) is 34.7 Å². The van der Waals surface area contributed by atoms with Crippen LogP contribution in [0.25, 0.3) is 0 Å². The van der Waals surface area contributed by atoms with Gasteiger partial charge in [0.15, 0.2) is 0 Å². The van der Waals surface area contributed by atoms with Crippen molar-refractivity contribution < 1.29 is 14.0 Å².